The largest absolute Gasteiger partial charge is 0.489 e. The molecule has 0 spiro atoms. The van der Waals surface area contributed by atoms with E-state index < -0.39 is 16.1 Å². The van der Waals surface area contributed by atoms with Crippen LogP contribution in [0, 0.1) is 0 Å². The van der Waals surface area contributed by atoms with Gasteiger partial charge in [0.05, 0.1) is 10.6 Å². The molecule has 0 aliphatic carbocycles. The molecule has 0 radical (unpaired) electrons. The molecule has 31 heavy (non-hydrogen) atoms. The minimum atomic E-state index is -3.79. The van der Waals surface area contributed by atoms with Gasteiger partial charge in [-0.3, -0.25) is 4.31 Å². The van der Waals surface area contributed by atoms with E-state index in [-0.39, 0.29) is 11.5 Å². The summed E-state index contributed by atoms with van der Waals surface area (Å²) in [5.41, 5.74) is 2.30. The number of ether oxygens (including phenoxy) is 2. The van der Waals surface area contributed by atoms with E-state index in [1.165, 1.54) is 4.31 Å². The summed E-state index contributed by atoms with van der Waals surface area (Å²) in [6.07, 6.45) is 0.874. The molecule has 1 aliphatic rings. The van der Waals surface area contributed by atoms with Gasteiger partial charge in [0.25, 0.3) is 10.0 Å². The van der Waals surface area contributed by atoms with Crippen molar-refractivity contribution in [2.24, 2.45) is 0 Å². The van der Waals surface area contributed by atoms with Gasteiger partial charge in [-0.2, -0.15) is 0 Å². The van der Waals surface area contributed by atoms with Gasteiger partial charge in [0.1, 0.15) is 18.4 Å². The van der Waals surface area contributed by atoms with Crippen LogP contribution in [0.4, 0.5) is 11.4 Å². The molecule has 1 aliphatic heterocycles. The minimum Gasteiger partial charge on any atom is -0.489 e. The van der Waals surface area contributed by atoms with E-state index in [1.54, 1.807) is 31.4 Å². The molecule has 1 N–H and O–H groups in total. The van der Waals surface area contributed by atoms with Crippen LogP contribution in [0.1, 0.15) is 18.0 Å². The highest BCUT2D eigenvalue weighted by Gasteiger charge is 2.38. The predicted molar refractivity (Wildman–Crippen MR) is 122 cm³/mol. The van der Waals surface area contributed by atoms with Gasteiger partial charge >= 0.3 is 0 Å². The molecule has 0 saturated carbocycles. The van der Waals surface area contributed by atoms with Crippen LogP contribution in [0.15, 0.2) is 83.8 Å². The highest BCUT2D eigenvalue weighted by Crippen LogP contribution is 2.44. The molecule has 1 heterocycles. The molecular weight excluding hydrogens is 412 g/mol. The molecule has 1 unspecified atom stereocenters. The van der Waals surface area contributed by atoms with Gasteiger partial charge in [-0.05, 0) is 36.2 Å². The summed E-state index contributed by atoms with van der Waals surface area (Å²) >= 11 is 0. The third-order valence-electron chi connectivity index (χ3n) is 5.22. The van der Waals surface area contributed by atoms with Crippen LogP contribution >= 0.6 is 0 Å². The van der Waals surface area contributed by atoms with Gasteiger partial charge in [0, 0.05) is 32.0 Å². The van der Waals surface area contributed by atoms with Crippen LogP contribution in [0.5, 0.6) is 5.75 Å². The number of methoxy groups -OCH3 is 1. The van der Waals surface area contributed by atoms with Crippen molar-refractivity contribution in [3.8, 4) is 5.75 Å². The number of rotatable bonds is 8. The Kier molecular flexibility index (Phi) is 6.44. The molecule has 0 aromatic heterocycles. The fourth-order valence-electron chi connectivity index (χ4n) is 3.69. The van der Waals surface area contributed by atoms with E-state index >= 15 is 0 Å². The summed E-state index contributed by atoms with van der Waals surface area (Å²) < 4.78 is 40.0. The molecule has 1 atom stereocenters. The smallest absolute Gasteiger partial charge is 0.265 e. The Morgan fingerprint density at radius 3 is 2.45 bits per heavy atom. The van der Waals surface area contributed by atoms with Crippen molar-refractivity contribution in [2.45, 2.75) is 17.4 Å². The summed E-state index contributed by atoms with van der Waals surface area (Å²) in [4.78, 5) is 0.255. The van der Waals surface area contributed by atoms with Gasteiger partial charge in [0.2, 0.25) is 0 Å². The van der Waals surface area contributed by atoms with Crippen molar-refractivity contribution in [3.05, 3.63) is 84.4 Å². The minimum absolute atomic E-state index is 0.232. The summed E-state index contributed by atoms with van der Waals surface area (Å²) in [7, 11) is -2.12. The molecule has 162 valence electrons. The van der Waals surface area contributed by atoms with Crippen LogP contribution in [0.25, 0.3) is 0 Å². The topological polar surface area (TPSA) is 67.9 Å². The van der Waals surface area contributed by atoms with Crippen LogP contribution in [-0.2, 0) is 14.8 Å². The molecule has 0 fully saturated rings. The Hall–Kier alpha value is -3.03. The zero-order chi connectivity index (χ0) is 21.7. The number of anilines is 2. The molecular formula is C24H26N2O4S. The highest BCUT2D eigenvalue weighted by atomic mass is 32.2. The van der Waals surface area contributed by atoms with Crippen LogP contribution in [-0.4, -0.2) is 35.3 Å². The number of benzene rings is 3. The third kappa shape index (κ3) is 4.52. The Bertz CT molecular complexity index is 1100. The summed E-state index contributed by atoms with van der Waals surface area (Å²) in [6.45, 7) is 1.66. The Labute approximate surface area is 183 Å². The maximum absolute atomic E-state index is 13.7. The number of hydrogen-bond donors (Lipinski definition) is 1. The van der Waals surface area contributed by atoms with E-state index in [2.05, 4.69) is 5.32 Å². The lowest BCUT2D eigenvalue weighted by Gasteiger charge is -2.38. The highest BCUT2D eigenvalue weighted by molar-refractivity contribution is 7.92. The molecule has 7 heteroatoms. The first-order valence-electron chi connectivity index (χ1n) is 10.3. The lowest BCUT2D eigenvalue weighted by atomic mass is 10.1. The maximum atomic E-state index is 13.7. The fourth-order valence-corrected chi connectivity index (χ4v) is 5.34. The standard InChI is InChI=1S/C24H26N2O4S/c1-29-16-8-15-25-20-13-14-22-24(17-20)30-18-23(19-9-4-2-5-10-19)26(22)31(27,28)21-11-6-3-7-12-21/h2-7,9-14,17,23,25H,8,15-16,18H2,1H3. The first kappa shape index (κ1) is 21.2. The lowest BCUT2D eigenvalue weighted by molar-refractivity contribution is 0.198. The summed E-state index contributed by atoms with van der Waals surface area (Å²) in [5, 5.41) is 3.33. The van der Waals surface area contributed by atoms with E-state index in [0.717, 1.165) is 24.2 Å². The molecule has 6 nitrogen and oxygen atoms in total. The second kappa shape index (κ2) is 9.41. The fraction of sp³-hybridized carbons (Fsp3) is 0.250. The zero-order valence-corrected chi connectivity index (χ0v) is 18.2. The maximum Gasteiger partial charge on any atom is 0.265 e. The SMILES string of the molecule is COCCCNc1ccc2c(c1)OCC(c1ccccc1)N2S(=O)(=O)c1ccccc1. The quantitative estimate of drug-likeness (QED) is 0.526. The van der Waals surface area contributed by atoms with E-state index in [9.17, 15) is 8.42 Å². The lowest BCUT2D eigenvalue weighted by Crippen LogP contribution is -2.41. The molecule has 0 saturated heterocycles. The monoisotopic (exact) mass is 438 g/mol. The molecule has 4 rings (SSSR count). The number of hydrogen-bond acceptors (Lipinski definition) is 5. The Morgan fingerprint density at radius 1 is 1.03 bits per heavy atom. The predicted octanol–water partition coefficient (Wildman–Crippen LogP) is 4.46. The first-order chi connectivity index (χ1) is 15.1. The van der Waals surface area contributed by atoms with E-state index in [4.69, 9.17) is 9.47 Å². The van der Waals surface area contributed by atoms with Gasteiger partial charge in [0.15, 0.2) is 0 Å². The van der Waals surface area contributed by atoms with Crippen molar-refractivity contribution in [2.75, 3.05) is 36.5 Å². The summed E-state index contributed by atoms with van der Waals surface area (Å²) in [5.74, 6) is 0.545. The normalized spacial score (nSPS) is 15.8. The summed E-state index contributed by atoms with van der Waals surface area (Å²) in [6, 6.07) is 23.2. The molecule has 0 bridgehead atoms. The second-order valence-electron chi connectivity index (χ2n) is 7.31. The molecule has 0 amide bonds. The van der Waals surface area contributed by atoms with Crippen molar-refractivity contribution < 1.29 is 17.9 Å². The average Bonchev–Trinajstić information content (AvgIpc) is 2.82. The number of nitrogens with zero attached hydrogens (tertiary/aromatic N) is 1. The molecule has 3 aromatic carbocycles. The van der Waals surface area contributed by atoms with Crippen LogP contribution in [0.3, 0.4) is 0 Å². The Morgan fingerprint density at radius 2 is 1.74 bits per heavy atom. The number of fused-ring (bicyclic) bond motifs is 1. The van der Waals surface area contributed by atoms with Crippen molar-refractivity contribution >= 4 is 21.4 Å². The Balaban J connectivity index is 1.73. The average molecular weight is 439 g/mol. The zero-order valence-electron chi connectivity index (χ0n) is 17.4. The third-order valence-corrected chi connectivity index (χ3v) is 7.05. The van der Waals surface area contributed by atoms with Crippen molar-refractivity contribution in [1.82, 2.24) is 0 Å². The number of nitrogens with one attached hydrogen (secondary N) is 1. The van der Waals surface area contributed by atoms with Gasteiger partial charge in [-0.15, -0.1) is 0 Å². The van der Waals surface area contributed by atoms with Crippen LogP contribution < -0.4 is 14.4 Å². The van der Waals surface area contributed by atoms with Gasteiger partial charge in [-0.1, -0.05) is 48.5 Å². The van der Waals surface area contributed by atoms with Gasteiger partial charge < -0.3 is 14.8 Å². The van der Waals surface area contributed by atoms with E-state index in [1.807, 2.05) is 54.6 Å². The molecule has 3 aromatic rings. The second-order valence-corrected chi connectivity index (χ2v) is 9.12. The number of sulfonamides is 1. The van der Waals surface area contributed by atoms with Crippen molar-refractivity contribution in [1.29, 1.82) is 0 Å². The van der Waals surface area contributed by atoms with Crippen molar-refractivity contribution in [3.63, 3.8) is 0 Å². The van der Waals surface area contributed by atoms with E-state index in [0.29, 0.717) is 18.0 Å². The first-order valence-corrected chi connectivity index (χ1v) is 11.7. The van der Waals surface area contributed by atoms with Crippen LogP contribution in [0.2, 0.25) is 0 Å². The van der Waals surface area contributed by atoms with Gasteiger partial charge in [-0.25, -0.2) is 8.42 Å².